The van der Waals surface area contributed by atoms with Crippen molar-refractivity contribution >= 4 is 22.7 Å². The van der Waals surface area contributed by atoms with Crippen LogP contribution in [0.5, 0.6) is 0 Å². The average molecular weight is 199 g/mol. The minimum Gasteiger partial charge on any atom is -0.360 e. The van der Waals surface area contributed by atoms with Gasteiger partial charge in [-0.15, -0.1) is 0 Å². The van der Waals surface area contributed by atoms with E-state index in [2.05, 4.69) is 11.1 Å². The summed E-state index contributed by atoms with van der Waals surface area (Å²) in [5, 5.41) is 20.3. The molecular formula is C10H5N3S. The molecule has 0 radical (unpaired) electrons. The third kappa shape index (κ3) is 1.22. The van der Waals surface area contributed by atoms with Gasteiger partial charge in [0.05, 0.1) is 11.6 Å². The minimum atomic E-state index is 0.599. The fourth-order valence-corrected chi connectivity index (χ4v) is 1.91. The van der Waals surface area contributed by atoms with Crippen molar-refractivity contribution in [3.63, 3.8) is 0 Å². The third-order valence-electron chi connectivity index (χ3n) is 1.95. The first-order valence-corrected chi connectivity index (χ1v) is 4.74. The number of fused-ring (bicyclic) bond motifs is 1. The average Bonchev–Trinajstić information content (AvgIpc) is 2.62. The van der Waals surface area contributed by atoms with Gasteiger partial charge in [0.15, 0.2) is 0 Å². The third-order valence-corrected chi connectivity index (χ3v) is 2.58. The summed E-state index contributed by atoms with van der Waals surface area (Å²) < 4.78 is 0. The maximum absolute atomic E-state index is 8.89. The van der Waals surface area contributed by atoms with Gasteiger partial charge in [-0.3, -0.25) is 0 Å². The Hall–Kier alpha value is -1.91. The van der Waals surface area contributed by atoms with E-state index in [0.717, 1.165) is 27.6 Å². The molecule has 14 heavy (non-hydrogen) atoms. The number of nitrogens with zero attached hydrogens (tertiary/aromatic N) is 2. The Labute approximate surface area is 85.0 Å². The van der Waals surface area contributed by atoms with Gasteiger partial charge in [-0.2, -0.15) is 10.5 Å². The molecule has 1 heterocycles. The number of thioether (sulfide) groups is 1. The van der Waals surface area contributed by atoms with Crippen molar-refractivity contribution in [2.24, 2.45) is 0 Å². The number of rotatable bonds is 1. The molecule has 3 nitrogen and oxygen atoms in total. The molecule has 1 N–H and O–H groups in total. The summed E-state index contributed by atoms with van der Waals surface area (Å²) in [7, 11) is 0. The second kappa shape index (κ2) is 3.45. The largest absolute Gasteiger partial charge is 0.360 e. The summed E-state index contributed by atoms with van der Waals surface area (Å²) in [5.74, 6) is 0. The first-order valence-electron chi connectivity index (χ1n) is 3.93. The fraction of sp³-hybridized carbons (Fsp3) is 0. The highest BCUT2D eigenvalue weighted by atomic mass is 32.2. The molecule has 0 aliphatic carbocycles. The molecule has 2 aromatic rings. The molecule has 66 valence electrons. The normalized spacial score (nSPS) is 9.57. The Morgan fingerprint density at radius 3 is 2.86 bits per heavy atom. The van der Waals surface area contributed by atoms with Crippen molar-refractivity contribution in [1.82, 2.24) is 4.98 Å². The van der Waals surface area contributed by atoms with E-state index in [-0.39, 0.29) is 0 Å². The molecule has 0 bridgehead atoms. The van der Waals surface area contributed by atoms with Gasteiger partial charge in [0.1, 0.15) is 5.40 Å². The van der Waals surface area contributed by atoms with Crippen LogP contribution in [-0.2, 0) is 0 Å². The highest BCUT2D eigenvalue weighted by Crippen LogP contribution is 2.29. The van der Waals surface area contributed by atoms with E-state index < -0.39 is 0 Å². The number of hydrogen-bond acceptors (Lipinski definition) is 3. The molecule has 0 aliphatic heterocycles. The first-order chi connectivity index (χ1) is 6.86. The topological polar surface area (TPSA) is 63.4 Å². The molecule has 0 aliphatic rings. The van der Waals surface area contributed by atoms with Crippen molar-refractivity contribution in [1.29, 1.82) is 10.5 Å². The van der Waals surface area contributed by atoms with Gasteiger partial charge in [-0.25, -0.2) is 0 Å². The highest BCUT2D eigenvalue weighted by Gasteiger charge is 2.07. The Kier molecular flexibility index (Phi) is 2.14. The molecule has 4 heteroatoms. The van der Waals surface area contributed by atoms with Gasteiger partial charge >= 0.3 is 0 Å². The van der Waals surface area contributed by atoms with Crippen LogP contribution < -0.4 is 0 Å². The van der Waals surface area contributed by atoms with E-state index in [1.807, 2.05) is 17.5 Å². The molecule has 0 amide bonds. The lowest BCUT2D eigenvalue weighted by Gasteiger charge is -1.94. The molecule has 0 unspecified atom stereocenters. The number of nitriles is 2. The van der Waals surface area contributed by atoms with Crippen molar-refractivity contribution in [3.05, 3.63) is 30.0 Å². The maximum Gasteiger partial charge on any atom is 0.138 e. The van der Waals surface area contributed by atoms with Gasteiger partial charge < -0.3 is 4.98 Å². The Bertz CT molecular complexity index is 557. The van der Waals surface area contributed by atoms with E-state index >= 15 is 0 Å². The summed E-state index contributed by atoms with van der Waals surface area (Å²) in [6, 6.07) is 7.56. The van der Waals surface area contributed by atoms with Crippen molar-refractivity contribution in [3.8, 4) is 11.5 Å². The zero-order chi connectivity index (χ0) is 9.97. The van der Waals surface area contributed by atoms with Crippen LogP contribution in [0, 0.1) is 22.0 Å². The molecule has 0 spiro atoms. The Morgan fingerprint density at radius 2 is 2.14 bits per heavy atom. The summed E-state index contributed by atoms with van der Waals surface area (Å²) in [4.78, 5) is 3.83. The van der Waals surface area contributed by atoms with Crippen LogP contribution in [0.1, 0.15) is 5.56 Å². The zero-order valence-corrected chi connectivity index (χ0v) is 7.93. The smallest absolute Gasteiger partial charge is 0.138 e. The highest BCUT2D eigenvalue weighted by molar-refractivity contribution is 8.04. The first kappa shape index (κ1) is 8.68. The van der Waals surface area contributed by atoms with E-state index in [4.69, 9.17) is 10.5 Å². The molecule has 1 aromatic heterocycles. The number of H-pyrrole nitrogens is 1. The summed E-state index contributed by atoms with van der Waals surface area (Å²) >= 11 is 1.06. The number of benzene rings is 1. The summed E-state index contributed by atoms with van der Waals surface area (Å²) in [6.07, 6.45) is 1.75. The van der Waals surface area contributed by atoms with Crippen LogP contribution >= 0.6 is 11.8 Å². The lowest BCUT2D eigenvalue weighted by molar-refractivity contribution is 1.42. The summed E-state index contributed by atoms with van der Waals surface area (Å²) in [6.45, 7) is 0. The van der Waals surface area contributed by atoms with Gasteiger partial charge in [-0.05, 0) is 23.9 Å². The second-order valence-electron chi connectivity index (χ2n) is 2.69. The standard InChI is InChI=1S/C10H5N3S/c11-4-7-2-1-3-8-10(7)9(5-13-8)14-6-12/h1-3,5,13H. The Morgan fingerprint density at radius 1 is 1.29 bits per heavy atom. The van der Waals surface area contributed by atoms with Gasteiger partial charge in [0.2, 0.25) is 0 Å². The SMILES string of the molecule is N#CSc1c[nH]c2cccc(C#N)c12. The second-order valence-corrected chi connectivity index (χ2v) is 3.51. The van der Waals surface area contributed by atoms with Crippen LogP contribution in [0.2, 0.25) is 0 Å². The lowest BCUT2D eigenvalue weighted by Crippen LogP contribution is -1.76. The van der Waals surface area contributed by atoms with Crippen LogP contribution in [0.3, 0.4) is 0 Å². The van der Waals surface area contributed by atoms with Crippen molar-refractivity contribution < 1.29 is 0 Å². The van der Waals surface area contributed by atoms with Crippen LogP contribution in [0.4, 0.5) is 0 Å². The fourth-order valence-electron chi connectivity index (χ4n) is 1.38. The zero-order valence-electron chi connectivity index (χ0n) is 7.11. The number of hydrogen-bond donors (Lipinski definition) is 1. The number of nitrogens with one attached hydrogen (secondary N) is 1. The van der Waals surface area contributed by atoms with Gasteiger partial charge in [0.25, 0.3) is 0 Å². The number of thiocyanates is 1. The van der Waals surface area contributed by atoms with E-state index in [0.29, 0.717) is 5.56 Å². The molecular weight excluding hydrogens is 194 g/mol. The van der Waals surface area contributed by atoms with Crippen LogP contribution in [0.25, 0.3) is 10.9 Å². The number of aromatic amines is 1. The van der Waals surface area contributed by atoms with Crippen LogP contribution in [0.15, 0.2) is 29.3 Å². The minimum absolute atomic E-state index is 0.599. The monoisotopic (exact) mass is 199 g/mol. The van der Waals surface area contributed by atoms with Crippen molar-refractivity contribution in [2.45, 2.75) is 4.90 Å². The van der Waals surface area contributed by atoms with Crippen molar-refractivity contribution in [2.75, 3.05) is 0 Å². The van der Waals surface area contributed by atoms with E-state index in [1.165, 1.54) is 0 Å². The maximum atomic E-state index is 8.89. The molecule has 0 fully saturated rings. The molecule has 0 saturated heterocycles. The molecule has 0 atom stereocenters. The molecule has 0 saturated carbocycles. The van der Waals surface area contributed by atoms with E-state index in [1.54, 1.807) is 12.3 Å². The predicted octanol–water partition coefficient (Wildman–Crippen LogP) is 2.61. The van der Waals surface area contributed by atoms with E-state index in [9.17, 15) is 0 Å². The molecule has 1 aromatic carbocycles. The number of aromatic nitrogens is 1. The Balaban J connectivity index is 2.77. The quantitative estimate of drug-likeness (QED) is 0.567. The predicted molar refractivity (Wildman–Crippen MR) is 54.5 cm³/mol. The van der Waals surface area contributed by atoms with Gasteiger partial charge in [-0.1, -0.05) is 6.07 Å². The van der Waals surface area contributed by atoms with Crippen LogP contribution in [-0.4, -0.2) is 4.98 Å². The van der Waals surface area contributed by atoms with Gasteiger partial charge in [0, 0.05) is 22.0 Å². The lowest BCUT2D eigenvalue weighted by atomic mass is 10.1. The molecule has 2 rings (SSSR count). The summed E-state index contributed by atoms with van der Waals surface area (Å²) in [5.41, 5.74) is 1.49.